The maximum atomic E-state index is 13.9. The maximum Gasteiger partial charge on any atom is 0.309 e. The number of nitrogens with one attached hydrogen (secondary N) is 1. The number of hydrogen-bond acceptors (Lipinski definition) is 8. The maximum absolute atomic E-state index is 13.9. The first-order valence-electron chi connectivity index (χ1n) is 15.0. The Hall–Kier alpha value is -3.45. The first kappa shape index (κ1) is 32.0. The Bertz CT molecular complexity index is 1440. The molecule has 5 rings (SSSR count). The molecule has 9 nitrogen and oxygen atoms in total. The lowest BCUT2D eigenvalue weighted by Crippen LogP contribution is -2.45. The van der Waals surface area contributed by atoms with Crippen molar-refractivity contribution in [2.24, 2.45) is 5.41 Å². The van der Waals surface area contributed by atoms with Crippen LogP contribution in [0, 0.1) is 22.9 Å². The number of ether oxygens (including phenoxy) is 2. The van der Waals surface area contributed by atoms with Crippen LogP contribution in [0.4, 0.5) is 18.9 Å². The number of methoxy groups -OCH3 is 1. The highest BCUT2D eigenvalue weighted by atomic mass is 19.1. The Labute approximate surface area is 254 Å². The predicted octanol–water partition coefficient (Wildman–Crippen LogP) is 4.59. The fourth-order valence-electron chi connectivity index (χ4n) is 6.26. The summed E-state index contributed by atoms with van der Waals surface area (Å²) in [6.07, 6.45) is 2.17. The van der Waals surface area contributed by atoms with E-state index >= 15 is 0 Å². The van der Waals surface area contributed by atoms with Crippen molar-refractivity contribution in [3.05, 3.63) is 65.1 Å². The standard InChI is InChI=1S/C32H39F3N4O5/c1-43-23-2-3-27-24(18-23)29(21(19-37-27)20-39-12-14-44-15-13-39)28(40)4-5-32(31(41)42)6-9-38(10-7-32)11-8-36-30-25(34)16-22(33)17-26(30)35/h2-3,16-19,28,36,40H,4-15,20H2,1H3,(H,41,42)/t28-/m1/s1. The molecular formula is C32H39F3N4O5. The van der Waals surface area contributed by atoms with Gasteiger partial charge in [-0.2, -0.15) is 0 Å². The van der Waals surface area contributed by atoms with Gasteiger partial charge in [0.2, 0.25) is 0 Å². The molecule has 12 heteroatoms. The third-order valence-electron chi connectivity index (χ3n) is 8.93. The van der Waals surface area contributed by atoms with Gasteiger partial charge in [0.15, 0.2) is 11.6 Å². The number of rotatable bonds is 12. The zero-order valence-corrected chi connectivity index (χ0v) is 24.8. The summed E-state index contributed by atoms with van der Waals surface area (Å²) in [5.41, 5.74) is 0.961. The number of aromatic nitrogens is 1. The minimum atomic E-state index is -1.01. The molecule has 2 saturated heterocycles. The number of carbonyl (C=O) groups is 1. The van der Waals surface area contributed by atoms with Crippen molar-refractivity contribution in [2.45, 2.75) is 38.3 Å². The quantitative estimate of drug-likeness (QED) is 0.270. The van der Waals surface area contributed by atoms with Gasteiger partial charge in [-0.1, -0.05) is 0 Å². The molecule has 0 bridgehead atoms. The predicted molar refractivity (Wildman–Crippen MR) is 159 cm³/mol. The molecule has 44 heavy (non-hydrogen) atoms. The molecule has 2 aliphatic rings. The number of benzene rings is 2. The number of anilines is 1. The van der Waals surface area contributed by atoms with Crippen LogP contribution >= 0.6 is 0 Å². The Morgan fingerprint density at radius 3 is 2.45 bits per heavy atom. The van der Waals surface area contributed by atoms with Crippen molar-refractivity contribution >= 4 is 22.6 Å². The van der Waals surface area contributed by atoms with Gasteiger partial charge in [-0.3, -0.25) is 14.7 Å². The Kier molecular flexibility index (Phi) is 10.2. The Balaban J connectivity index is 1.25. The lowest BCUT2D eigenvalue weighted by atomic mass is 9.73. The average molecular weight is 617 g/mol. The number of likely N-dealkylation sites (tertiary alicyclic amines) is 1. The van der Waals surface area contributed by atoms with E-state index in [1.807, 2.05) is 23.1 Å². The van der Waals surface area contributed by atoms with Crippen molar-refractivity contribution in [1.29, 1.82) is 0 Å². The van der Waals surface area contributed by atoms with E-state index in [9.17, 15) is 28.2 Å². The summed E-state index contributed by atoms with van der Waals surface area (Å²) in [4.78, 5) is 21.5. The molecule has 3 heterocycles. The summed E-state index contributed by atoms with van der Waals surface area (Å²) < 4.78 is 52.0. The van der Waals surface area contributed by atoms with Crippen molar-refractivity contribution in [3.63, 3.8) is 0 Å². The minimum absolute atomic E-state index is 0.211. The molecule has 3 aromatic rings. The number of hydrogen-bond donors (Lipinski definition) is 3. The van der Waals surface area contributed by atoms with E-state index in [0.717, 1.165) is 35.1 Å². The number of nitrogens with zero attached hydrogens (tertiary/aromatic N) is 3. The molecule has 0 aliphatic carbocycles. The highest BCUT2D eigenvalue weighted by Crippen LogP contribution is 2.40. The van der Waals surface area contributed by atoms with Crippen molar-refractivity contribution in [3.8, 4) is 5.75 Å². The molecule has 238 valence electrons. The second-order valence-corrected chi connectivity index (χ2v) is 11.6. The number of aliphatic hydroxyl groups is 1. The van der Waals surface area contributed by atoms with Gasteiger partial charge in [-0.05, 0) is 68.1 Å². The summed E-state index contributed by atoms with van der Waals surface area (Å²) in [6.45, 7) is 5.02. The number of carboxylic acid groups (broad SMARTS) is 1. The van der Waals surface area contributed by atoms with E-state index in [0.29, 0.717) is 70.1 Å². The van der Waals surface area contributed by atoms with Crippen LogP contribution in [0.5, 0.6) is 5.75 Å². The average Bonchev–Trinajstić information content (AvgIpc) is 3.01. The molecule has 0 radical (unpaired) electrons. The smallest absolute Gasteiger partial charge is 0.309 e. The van der Waals surface area contributed by atoms with Crippen molar-refractivity contribution < 1.29 is 37.7 Å². The SMILES string of the molecule is COc1ccc2ncc(CN3CCOCC3)c([C@H](O)CCC3(C(=O)O)CCN(CCNc4c(F)cc(F)cc4F)CC3)c2c1. The zero-order valence-electron chi connectivity index (χ0n) is 24.8. The van der Waals surface area contributed by atoms with Gasteiger partial charge in [0.25, 0.3) is 0 Å². The van der Waals surface area contributed by atoms with E-state index in [4.69, 9.17) is 9.47 Å². The highest BCUT2D eigenvalue weighted by molar-refractivity contribution is 5.85. The van der Waals surface area contributed by atoms with Crippen LogP contribution in [-0.4, -0.2) is 90.6 Å². The Morgan fingerprint density at radius 1 is 1.09 bits per heavy atom. The van der Waals surface area contributed by atoms with Crippen LogP contribution in [-0.2, 0) is 16.1 Å². The topological polar surface area (TPSA) is 107 Å². The number of aliphatic hydroxyl groups excluding tert-OH is 1. The first-order chi connectivity index (χ1) is 21.2. The minimum Gasteiger partial charge on any atom is -0.497 e. The van der Waals surface area contributed by atoms with E-state index < -0.39 is 34.9 Å². The summed E-state index contributed by atoms with van der Waals surface area (Å²) in [5, 5.41) is 25.4. The summed E-state index contributed by atoms with van der Waals surface area (Å²) in [5.74, 6) is -3.24. The zero-order chi connectivity index (χ0) is 31.3. The van der Waals surface area contributed by atoms with Gasteiger partial charge < -0.3 is 29.9 Å². The number of fused-ring (bicyclic) bond motifs is 1. The van der Waals surface area contributed by atoms with E-state index in [1.165, 1.54) is 0 Å². The first-order valence-corrected chi connectivity index (χ1v) is 15.0. The lowest BCUT2D eigenvalue weighted by molar-refractivity contribution is -0.153. The van der Waals surface area contributed by atoms with Gasteiger partial charge in [0, 0.05) is 56.4 Å². The molecule has 1 aromatic heterocycles. The van der Waals surface area contributed by atoms with Crippen LogP contribution in [0.3, 0.4) is 0 Å². The molecule has 2 fully saturated rings. The van der Waals surface area contributed by atoms with Crippen molar-refractivity contribution in [1.82, 2.24) is 14.8 Å². The van der Waals surface area contributed by atoms with E-state index in [2.05, 4.69) is 15.2 Å². The molecule has 2 aliphatic heterocycles. The van der Waals surface area contributed by atoms with Gasteiger partial charge in [-0.15, -0.1) is 0 Å². The van der Waals surface area contributed by atoms with Crippen LogP contribution in [0.25, 0.3) is 10.9 Å². The summed E-state index contributed by atoms with van der Waals surface area (Å²) in [6, 6.07) is 6.79. The van der Waals surface area contributed by atoms with E-state index in [1.54, 1.807) is 13.3 Å². The molecule has 2 aromatic carbocycles. The van der Waals surface area contributed by atoms with Crippen LogP contribution in [0.15, 0.2) is 36.5 Å². The van der Waals surface area contributed by atoms with Gasteiger partial charge in [-0.25, -0.2) is 13.2 Å². The molecule has 0 saturated carbocycles. The number of piperidine rings is 1. The fraction of sp³-hybridized carbons (Fsp3) is 0.500. The Morgan fingerprint density at radius 2 is 1.80 bits per heavy atom. The fourth-order valence-corrected chi connectivity index (χ4v) is 6.26. The van der Waals surface area contributed by atoms with Crippen LogP contribution in [0.2, 0.25) is 0 Å². The van der Waals surface area contributed by atoms with Crippen LogP contribution < -0.4 is 10.1 Å². The molecule has 0 spiro atoms. The number of aliphatic carboxylic acids is 1. The van der Waals surface area contributed by atoms with Crippen molar-refractivity contribution in [2.75, 3.05) is 64.9 Å². The molecule has 0 unspecified atom stereocenters. The number of morpholine rings is 1. The molecule has 3 N–H and O–H groups in total. The molecule has 1 atom stereocenters. The third-order valence-corrected chi connectivity index (χ3v) is 8.93. The molecule has 0 amide bonds. The monoisotopic (exact) mass is 616 g/mol. The second-order valence-electron chi connectivity index (χ2n) is 11.6. The summed E-state index contributed by atoms with van der Waals surface area (Å²) in [7, 11) is 1.58. The normalized spacial score (nSPS) is 18.3. The lowest BCUT2D eigenvalue weighted by Gasteiger charge is -2.39. The third kappa shape index (κ3) is 7.26. The highest BCUT2D eigenvalue weighted by Gasteiger charge is 2.41. The molecular weight excluding hydrogens is 577 g/mol. The number of carboxylic acids is 1. The summed E-state index contributed by atoms with van der Waals surface area (Å²) >= 11 is 0. The van der Waals surface area contributed by atoms with Crippen LogP contribution in [0.1, 0.15) is 42.9 Å². The van der Waals surface area contributed by atoms with E-state index in [-0.39, 0.29) is 25.1 Å². The number of pyridine rings is 1. The van der Waals surface area contributed by atoms with Gasteiger partial charge >= 0.3 is 5.97 Å². The number of halogens is 3. The largest absolute Gasteiger partial charge is 0.497 e. The van der Waals surface area contributed by atoms with Gasteiger partial charge in [0.1, 0.15) is 17.3 Å². The second kappa shape index (κ2) is 14.1. The van der Waals surface area contributed by atoms with Gasteiger partial charge in [0.05, 0.1) is 37.4 Å².